The average Bonchev–Trinajstić information content (AvgIpc) is 3.98. The number of anilines is 5. The molecule has 4 nitrogen and oxygen atoms in total. The number of para-hydroxylation sites is 6. The molecule has 0 unspecified atom stereocenters. The monoisotopic (exact) mass is 1060 g/mol. The summed E-state index contributed by atoms with van der Waals surface area (Å²) >= 11 is 10.6. The Balaban J connectivity index is 0.000000130. The molecule has 0 aliphatic carbocycles. The van der Waals surface area contributed by atoms with Gasteiger partial charge in [0.2, 0.25) is 0 Å². The largest absolute Gasteiger partial charge is 0.454 e. The lowest BCUT2D eigenvalue weighted by atomic mass is 10.0. The molecule has 1 N–H and O–H groups in total. The fourth-order valence-electron chi connectivity index (χ4n) is 8.20. The molecule has 12 rings (SSSR count). The fraction of sp³-hybridized carbons (Fsp3) is 0. The van der Waals surface area contributed by atoms with E-state index in [1.165, 1.54) is 22.3 Å². The van der Waals surface area contributed by atoms with Crippen LogP contribution in [0.25, 0.3) is 66.1 Å². The van der Waals surface area contributed by atoms with Crippen molar-refractivity contribution < 1.29 is 8.83 Å². The number of hydrogen-bond donors (Lipinski definition) is 1. The van der Waals surface area contributed by atoms with Gasteiger partial charge in [0, 0.05) is 44.3 Å². The Kier molecular flexibility index (Phi) is 13.1. The van der Waals surface area contributed by atoms with E-state index in [-0.39, 0.29) is 0 Å². The number of nitrogens with zero attached hydrogens (tertiary/aromatic N) is 1. The molecule has 0 radical (unpaired) electrons. The minimum atomic E-state index is 0.868. The van der Waals surface area contributed by atoms with Crippen molar-refractivity contribution in [3.63, 3.8) is 0 Å². The molecule has 7 heteroatoms. The molecule has 10 aromatic carbocycles. The van der Waals surface area contributed by atoms with Crippen molar-refractivity contribution in [2.75, 3.05) is 10.2 Å². The maximum absolute atomic E-state index is 6.44. The lowest BCUT2D eigenvalue weighted by molar-refractivity contribution is 0.664. The van der Waals surface area contributed by atoms with Gasteiger partial charge in [-0.05, 0) is 143 Å². The summed E-state index contributed by atoms with van der Waals surface area (Å²) in [6.45, 7) is 0. The Morgan fingerprint density at radius 1 is 0.284 bits per heavy atom. The molecule has 0 spiro atoms. The predicted octanol–water partition coefficient (Wildman–Crippen LogP) is 19.7. The lowest BCUT2D eigenvalue weighted by Crippen LogP contribution is -2.10. The number of benzene rings is 10. The van der Waals surface area contributed by atoms with E-state index in [4.69, 9.17) is 8.83 Å². The van der Waals surface area contributed by atoms with Gasteiger partial charge in [-0.15, -0.1) is 0 Å². The third-order valence-electron chi connectivity index (χ3n) is 11.4. The zero-order valence-corrected chi connectivity index (χ0v) is 40.7. The van der Waals surface area contributed by atoms with Crippen molar-refractivity contribution in [1.29, 1.82) is 0 Å². The molecule has 0 saturated carbocycles. The fourth-order valence-corrected chi connectivity index (χ4v) is 9.54. The van der Waals surface area contributed by atoms with Crippen molar-refractivity contribution in [3.05, 3.63) is 256 Å². The summed E-state index contributed by atoms with van der Waals surface area (Å²) in [5.41, 5.74) is 13.8. The number of fused-ring (bicyclic) bond motifs is 6. The summed E-state index contributed by atoms with van der Waals surface area (Å²) in [6, 6.07) is 83.3. The first-order valence-corrected chi connectivity index (χ1v) is 24.2. The minimum Gasteiger partial charge on any atom is -0.454 e. The normalized spacial score (nSPS) is 10.9. The van der Waals surface area contributed by atoms with E-state index >= 15 is 0 Å². The number of furan rings is 2. The van der Waals surface area contributed by atoms with Gasteiger partial charge in [0.15, 0.2) is 5.58 Å². The van der Waals surface area contributed by atoms with Crippen molar-refractivity contribution in [1.82, 2.24) is 0 Å². The van der Waals surface area contributed by atoms with Gasteiger partial charge in [0.25, 0.3) is 0 Å². The highest BCUT2D eigenvalue weighted by Crippen LogP contribution is 2.43. The van der Waals surface area contributed by atoms with Crippen LogP contribution in [0.5, 0.6) is 0 Å². The van der Waals surface area contributed by atoms with Crippen LogP contribution in [-0.4, -0.2) is 0 Å². The number of halogens is 3. The summed E-state index contributed by atoms with van der Waals surface area (Å²) in [5, 5.41) is 7.87. The predicted molar refractivity (Wildman–Crippen MR) is 292 cm³/mol. The zero-order valence-electron chi connectivity index (χ0n) is 36.0. The summed E-state index contributed by atoms with van der Waals surface area (Å²) in [7, 11) is 0. The van der Waals surface area contributed by atoms with Crippen molar-refractivity contribution in [2.24, 2.45) is 0 Å². The Hall–Kier alpha value is -7.16. The van der Waals surface area contributed by atoms with Crippen molar-refractivity contribution in [3.8, 4) is 22.3 Å². The van der Waals surface area contributed by atoms with Crippen LogP contribution < -0.4 is 10.2 Å². The number of hydrogen-bond acceptors (Lipinski definition) is 4. The second-order valence-electron chi connectivity index (χ2n) is 15.7. The third kappa shape index (κ3) is 9.58. The van der Waals surface area contributed by atoms with Gasteiger partial charge in [-0.1, -0.05) is 170 Å². The molecule has 2 heterocycles. The highest BCUT2D eigenvalue weighted by Gasteiger charge is 2.20. The first-order chi connectivity index (χ1) is 33.0. The summed E-state index contributed by atoms with van der Waals surface area (Å²) in [5.74, 6) is 0. The average molecular weight is 1060 g/mol. The molecule has 0 saturated heterocycles. The summed E-state index contributed by atoms with van der Waals surface area (Å²) in [4.78, 5) is 2.26. The van der Waals surface area contributed by atoms with Gasteiger partial charge < -0.3 is 19.1 Å². The lowest BCUT2D eigenvalue weighted by Gasteiger charge is -2.25. The molecule has 0 amide bonds. The van der Waals surface area contributed by atoms with Crippen LogP contribution in [0, 0.1) is 0 Å². The molecule has 0 fully saturated rings. The van der Waals surface area contributed by atoms with Crippen LogP contribution in [0.15, 0.2) is 265 Å². The molecular weight excluding hydrogens is 1020 g/mol. The molecule has 0 bridgehead atoms. The smallest absolute Gasteiger partial charge is 0.159 e. The SMILES string of the molecule is Brc1cccc2c1oc1c(Br)cccc12.Brc1cccc2c1oc1c(N(c3ccccc3)c3ccc(-c4ccccc4)cc3)cccc12.c1ccc(Nc2ccc(-c3ccccc3)cc2)cc1. The van der Waals surface area contributed by atoms with Crippen molar-refractivity contribution >= 4 is 120 Å². The van der Waals surface area contributed by atoms with Gasteiger partial charge in [-0.25, -0.2) is 0 Å². The molecule has 324 valence electrons. The van der Waals surface area contributed by atoms with Crippen LogP contribution in [-0.2, 0) is 0 Å². The zero-order chi connectivity index (χ0) is 45.5. The van der Waals surface area contributed by atoms with Crippen LogP contribution in [0.4, 0.5) is 28.4 Å². The van der Waals surface area contributed by atoms with Gasteiger partial charge in [0.1, 0.15) is 16.7 Å². The Morgan fingerprint density at radius 2 is 0.627 bits per heavy atom. The maximum Gasteiger partial charge on any atom is 0.159 e. The van der Waals surface area contributed by atoms with Gasteiger partial charge in [-0.3, -0.25) is 0 Å². The van der Waals surface area contributed by atoms with Crippen LogP contribution in [0.3, 0.4) is 0 Å². The molecule has 0 aliphatic rings. The van der Waals surface area contributed by atoms with Gasteiger partial charge in [0.05, 0.1) is 19.1 Å². The second-order valence-corrected chi connectivity index (χ2v) is 18.3. The summed E-state index contributed by atoms with van der Waals surface area (Å²) < 4.78 is 15.2. The topological polar surface area (TPSA) is 41.6 Å². The number of rotatable bonds is 7. The molecule has 12 aromatic rings. The Morgan fingerprint density at radius 3 is 1.10 bits per heavy atom. The van der Waals surface area contributed by atoms with Gasteiger partial charge >= 0.3 is 0 Å². The van der Waals surface area contributed by atoms with E-state index in [9.17, 15) is 0 Å². The van der Waals surface area contributed by atoms with E-state index in [2.05, 4.69) is 228 Å². The highest BCUT2D eigenvalue weighted by atomic mass is 79.9. The first kappa shape index (κ1) is 43.7. The van der Waals surface area contributed by atoms with Crippen LogP contribution in [0.2, 0.25) is 0 Å². The van der Waals surface area contributed by atoms with Crippen LogP contribution in [0.1, 0.15) is 0 Å². The minimum absolute atomic E-state index is 0.868. The van der Waals surface area contributed by atoms with E-state index in [0.29, 0.717) is 0 Å². The second kappa shape index (κ2) is 20.1. The Labute approximate surface area is 414 Å². The quantitative estimate of drug-likeness (QED) is 0.173. The molecule has 0 aliphatic heterocycles. The molecule has 2 aromatic heterocycles. The van der Waals surface area contributed by atoms with Gasteiger partial charge in [-0.2, -0.15) is 0 Å². The molecule has 0 atom stereocenters. The van der Waals surface area contributed by atoms with E-state index in [1.807, 2.05) is 72.8 Å². The molecular formula is C60H41Br3N2O2. The first-order valence-electron chi connectivity index (χ1n) is 21.8. The highest BCUT2D eigenvalue weighted by molar-refractivity contribution is 9.11. The molecule has 67 heavy (non-hydrogen) atoms. The number of nitrogens with one attached hydrogen (secondary N) is 1. The third-order valence-corrected chi connectivity index (χ3v) is 13.3. The van der Waals surface area contributed by atoms with E-state index in [0.717, 1.165) is 85.7 Å². The standard InChI is InChI=1S/C30H20BrNO.C18H15N.C12H6Br2O/c31-27-15-7-13-25-26-14-8-16-28(30(26)33-29(25)27)32(23-11-5-2-6-12-23)24-19-17-22(18-20-24)21-9-3-1-4-10-21;1-3-7-15(8-4-1)16-11-13-18(14-12-16)19-17-9-5-2-6-10-17;13-9-5-1-3-7-8-4-2-6-10(14)12(8)15-11(7)9/h1-20H;1-14,19H;1-6H. The van der Waals surface area contributed by atoms with Crippen LogP contribution >= 0.6 is 47.8 Å². The summed E-state index contributed by atoms with van der Waals surface area (Å²) in [6.07, 6.45) is 0. The Bertz CT molecular complexity index is 3500. The van der Waals surface area contributed by atoms with E-state index < -0.39 is 0 Å². The van der Waals surface area contributed by atoms with Crippen molar-refractivity contribution in [2.45, 2.75) is 0 Å². The maximum atomic E-state index is 6.44. The van der Waals surface area contributed by atoms with E-state index in [1.54, 1.807) is 0 Å².